The Morgan fingerprint density at radius 3 is 2.71 bits per heavy atom. The predicted molar refractivity (Wildman–Crippen MR) is 192 cm³/mol. The Labute approximate surface area is 302 Å². The lowest BCUT2D eigenvalue weighted by Crippen LogP contribution is -2.59. The molecule has 1 aliphatic heterocycles. The zero-order chi connectivity index (χ0) is 34.5. The number of halogens is 2. The zero-order valence-corrected chi connectivity index (χ0v) is 30.9. The molecular formula is C37H44BrClN6O4. The number of nitrogens with zero attached hydrogens (tertiary/aromatic N) is 6. The molecule has 1 fully saturated rings. The topological polar surface area (TPSA) is 85.2 Å². The second kappa shape index (κ2) is 15.6. The minimum absolute atomic E-state index is 0.141. The summed E-state index contributed by atoms with van der Waals surface area (Å²) in [5, 5.41) is 2.68. The van der Waals surface area contributed by atoms with E-state index in [1.54, 1.807) is 18.2 Å². The zero-order valence-electron chi connectivity index (χ0n) is 28.5. The second-order valence-electron chi connectivity index (χ2n) is 13.5. The first kappa shape index (κ1) is 35.3. The second-order valence-corrected chi connectivity index (χ2v) is 14.9. The van der Waals surface area contributed by atoms with E-state index in [0.29, 0.717) is 32.7 Å². The van der Waals surface area contributed by atoms with Crippen LogP contribution in [-0.2, 0) is 35.5 Å². The molecule has 10 nitrogen and oxygen atoms in total. The highest BCUT2D eigenvalue weighted by Crippen LogP contribution is 2.39. The normalized spacial score (nSPS) is 18.1. The Bertz CT molecular complexity index is 1680. The molecule has 0 bridgehead atoms. The molecule has 0 saturated carbocycles. The maximum atomic E-state index is 13.8. The average Bonchev–Trinajstić information content (AvgIpc) is 3.53. The van der Waals surface area contributed by atoms with Gasteiger partial charge in [0.2, 0.25) is 0 Å². The number of amides is 1. The van der Waals surface area contributed by atoms with E-state index < -0.39 is 17.9 Å². The average molecular weight is 752 g/mol. The van der Waals surface area contributed by atoms with Crippen LogP contribution in [0, 0.1) is 0 Å². The Morgan fingerprint density at radius 1 is 1.10 bits per heavy atom. The molecule has 1 amide bonds. The number of hydrogen-bond acceptors (Lipinski definition) is 8. The number of fused-ring (bicyclic) bond motifs is 2. The van der Waals surface area contributed by atoms with Crippen LogP contribution in [-0.4, -0.2) is 80.6 Å². The van der Waals surface area contributed by atoms with Gasteiger partial charge in [-0.05, 0) is 109 Å². The van der Waals surface area contributed by atoms with Crippen molar-refractivity contribution in [2.45, 2.75) is 71.0 Å². The molecule has 2 aromatic heterocycles. The van der Waals surface area contributed by atoms with E-state index in [9.17, 15) is 4.79 Å². The van der Waals surface area contributed by atoms with Crippen molar-refractivity contribution in [2.24, 2.45) is 0 Å². The summed E-state index contributed by atoms with van der Waals surface area (Å²) in [6.07, 6.45) is 8.94. The van der Waals surface area contributed by atoms with Crippen molar-refractivity contribution in [3.63, 3.8) is 0 Å². The third-order valence-electron chi connectivity index (χ3n) is 8.80. The van der Waals surface area contributed by atoms with Crippen LogP contribution < -0.4 is 4.74 Å². The molecule has 2 unspecified atom stereocenters. The van der Waals surface area contributed by atoms with Crippen LogP contribution in [0.4, 0.5) is 4.79 Å². The molecule has 49 heavy (non-hydrogen) atoms. The standard InChI is InChI=1S/C37H44BrClN6O4/c1-37(2,3)48-36(46)45-18-17-43(35-32-12-11-30(39)21-27(32)9-10-28-20-29(38)22-41-34(28)35)24-33(45)49-44(15-6-14-42-16-13-40-25-42)23-26-7-5-8-31(19-26)47-4/h5,7-8,11-13,16,19-22,25,33,35H,6,9-10,14-15,17-18,23-24H2,1-4H3. The summed E-state index contributed by atoms with van der Waals surface area (Å²) in [6.45, 7) is 9.04. The lowest BCUT2D eigenvalue weighted by Gasteiger charge is -2.45. The van der Waals surface area contributed by atoms with Gasteiger partial charge in [-0.2, -0.15) is 5.06 Å². The fourth-order valence-electron chi connectivity index (χ4n) is 6.57. The Balaban J connectivity index is 1.33. The molecule has 0 N–H and O–H groups in total. The lowest BCUT2D eigenvalue weighted by molar-refractivity contribution is -0.254. The van der Waals surface area contributed by atoms with E-state index in [0.717, 1.165) is 52.3 Å². The number of carbonyl (C=O) groups is 1. The van der Waals surface area contributed by atoms with E-state index in [1.165, 1.54) is 16.7 Å². The summed E-state index contributed by atoms with van der Waals surface area (Å²) >= 11 is 10.2. The van der Waals surface area contributed by atoms with Crippen LogP contribution in [0.2, 0.25) is 5.02 Å². The van der Waals surface area contributed by atoms with Crippen molar-refractivity contribution < 1.29 is 19.1 Å². The Kier molecular flexibility index (Phi) is 11.3. The molecule has 12 heteroatoms. The number of methoxy groups -OCH3 is 1. The maximum absolute atomic E-state index is 13.8. The maximum Gasteiger partial charge on any atom is 0.412 e. The van der Waals surface area contributed by atoms with Gasteiger partial charge in [0, 0.05) is 67.4 Å². The number of pyridine rings is 1. The van der Waals surface area contributed by atoms with Crippen LogP contribution >= 0.6 is 27.5 Å². The number of imidazole rings is 1. The smallest absolute Gasteiger partial charge is 0.412 e. The monoisotopic (exact) mass is 750 g/mol. The van der Waals surface area contributed by atoms with Gasteiger partial charge in [0.15, 0.2) is 6.23 Å². The van der Waals surface area contributed by atoms with Crippen molar-refractivity contribution in [1.29, 1.82) is 0 Å². The number of aromatic nitrogens is 3. The molecule has 6 rings (SSSR count). The summed E-state index contributed by atoms with van der Waals surface area (Å²) in [6, 6.07) is 16.2. The highest BCUT2D eigenvalue weighted by Gasteiger charge is 2.40. The Hall–Kier alpha value is -3.48. The molecule has 4 aromatic rings. The van der Waals surface area contributed by atoms with E-state index in [4.69, 9.17) is 30.9 Å². The van der Waals surface area contributed by atoms with Gasteiger partial charge in [-0.15, -0.1) is 0 Å². The molecule has 2 aliphatic rings. The van der Waals surface area contributed by atoms with E-state index in [1.807, 2.05) is 68.8 Å². The van der Waals surface area contributed by atoms with Gasteiger partial charge >= 0.3 is 6.09 Å². The van der Waals surface area contributed by atoms with E-state index >= 15 is 0 Å². The van der Waals surface area contributed by atoms with Crippen molar-refractivity contribution in [1.82, 2.24) is 29.4 Å². The number of carbonyl (C=O) groups excluding carboxylic acids is 1. The molecule has 1 saturated heterocycles. The first-order chi connectivity index (χ1) is 23.6. The highest BCUT2D eigenvalue weighted by atomic mass is 79.9. The summed E-state index contributed by atoms with van der Waals surface area (Å²) in [5.74, 6) is 0.778. The highest BCUT2D eigenvalue weighted by molar-refractivity contribution is 9.10. The Morgan fingerprint density at radius 2 is 1.94 bits per heavy atom. The fourth-order valence-corrected chi connectivity index (χ4v) is 7.14. The lowest BCUT2D eigenvalue weighted by atomic mass is 9.96. The van der Waals surface area contributed by atoms with Crippen molar-refractivity contribution in [2.75, 3.05) is 33.3 Å². The summed E-state index contributed by atoms with van der Waals surface area (Å²) in [5.41, 5.74) is 4.98. The molecule has 1 aliphatic carbocycles. The van der Waals surface area contributed by atoms with Crippen molar-refractivity contribution >= 4 is 33.6 Å². The molecule has 0 spiro atoms. The third kappa shape index (κ3) is 9.01. The van der Waals surface area contributed by atoms with Crippen molar-refractivity contribution in [3.8, 4) is 5.75 Å². The largest absolute Gasteiger partial charge is 0.497 e. The number of aryl methyl sites for hydroxylation is 3. The first-order valence-electron chi connectivity index (χ1n) is 16.7. The minimum atomic E-state index is -0.653. The number of piperazine rings is 1. The van der Waals surface area contributed by atoms with Gasteiger partial charge < -0.3 is 14.0 Å². The third-order valence-corrected chi connectivity index (χ3v) is 9.47. The summed E-state index contributed by atoms with van der Waals surface area (Å²) in [4.78, 5) is 33.9. The summed E-state index contributed by atoms with van der Waals surface area (Å²) in [7, 11) is 1.67. The van der Waals surface area contributed by atoms with Crippen LogP contribution in [0.1, 0.15) is 61.2 Å². The number of benzene rings is 2. The van der Waals surface area contributed by atoms with Crippen LogP contribution in [0.5, 0.6) is 5.75 Å². The van der Waals surface area contributed by atoms with Crippen LogP contribution in [0.3, 0.4) is 0 Å². The molecule has 2 aromatic carbocycles. The number of hydroxylamine groups is 2. The summed E-state index contributed by atoms with van der Waals surface area (Å²) < 4.78 is 14.4. The van der Waals surface area contributed by atoms with E-state index in [2.05, 4.69) is 54.6 Å². The fraction of sp³-hybridized carbons (Fsp3) is 0.432. The number of rotatable bonds is 10. The quantitative estimate of drug-likeness (QED) is 0.156. The van der Waals surface area contributed by atoms with Gasteiger partial charge in [0.05, 0.1) is 25.2 Å². The SMILES string of the molecule is COc1cccc(CN(CCCn2ccnc2)OC2CN(C3c4ccc(Cl)cc4CCc4cc(Br)cnc43)CCN2C(=O)OC(C)(C)C)c1. The first-order valence-corrected chi connectivity index (χ1v) is 17.9. The van der Waals surface area contributed by atoms with Gasteiger partial charge in [0.25, 0.3) is 0 Å². The predicted octanol–water partition coefficient (Wildman–Crippen LogP) is 7.29. The van der Waals surface area contributed by atoms with Gasteiger partial charge in [-0.3, -0.25) is 19.6 Å². The van der Waals surface area contributed by atoms with Gasteiger partial charge in [-0.25, -0.2) is 9.78 Å². The molecule has 2 atom stereocenters. The minimum Gasteiger partial charge on any atom is -0.497 e. The van der Waals surface area contributed by atoms with Crippen molar-refractivity contribution in [3.05, 3.63) is 111 Å². The van der Waals surface area contributed by atoms with Crippen LogP contribution in [0.15, 0.2) is 77.9 Å². The van der Waals surface area contributed by atoms with E-state index in [-0.39, 0.29) is 6.04 Å². The number of hydrogen-bond donors (Lipinski definition) is 0. The van der Waals surface area contributed by atoms with Crippen LogP contribution in [0.25, 0.3) is 0 Å². The molecule has 260 valence electrons. The number of ether oxygens (including phenoxy) is 2. The molecule has 3 heterocycles. The van der Waals surface area contributed by atoms with Gasteiger partial charge in [0.1, 0.15) is 11.4 Å². The van der Waals surface area contributed by atoms with Gasteiger partial charge in [-0.1, -0.05) is 29.8 Å². The molecule has 0 radical (unpaired) electrons. The molecular weight excluding hydrogens is 708 g/mol.